The molecule has 0 spiro atoms. The Bertz CT molecular complexity index is 978. The summed E-state index contributed by atoms with van der Waals surface area (Å²) in [5.74, 6) is 1.78. The summed E-state index contributed by atoms with van der Waals surface area (Å²) < 4.78 is 16.3. The highest BCUT2D eigenvalue weighted by Gasteiger charge is 2.44. The molecule has 2 aliphatic rings. The Morgan fingerprint density at radius 1 is 1.06 bits per heavy atom. The van der Waals surface area contributed by atoms with Crippen LogP contribution in [0.4, 0.5) is 4.79 Å². The number of likely N-dealkylation sites (tertiary alicyclic amines) is 1. The molecule has 0 aromatic heterocycles. The second kappa shape index (κ2) is 10.4. The standard InChI is InChI=1S/C25H30N2O5S/c1-17-24(18-7-5-4-6-8-18)32-25(29)27(17)19-11-13-26(14-12-19)23(28)16-33-20-9-10-21(30-2)22(15-20)31-3/h4-10,15,17,19,24H,11-14,16H2,1-3H3/t17-,24-/m0/s1. The smallest absolute Gasteiger partial charge is 0.411 e. The molecule has 0 bridgehead atoms. The lowest BCUT2D eigenvalue weighted by Gasteiger charge is -2.37. The Kier molecular flexibility index (Phi) is 7.33. The Morgan fingerprint density at radius 2 is 1.76 bits per heavy atom. The van der Waals surface area contributed by atoms with Crippen molar-refractivity contribution in [1.82, 2.24) is 9.80 Å². The van der Waals surface area contributed by atoms with Gasteiger partial charge in [-0.2, -0.15) is 0 Å². The number of cyclic esters (lactones) is 1. The zero-order valence-corrected chi connectivity index (χ0v) is 20.0. The number of carbonyl (C=O) groups is 2. The zero-order chi connectivity index (χ0) is 23.4. The number of rotatable bonds is 7. The molecule has 2 fully saturated rings. The number of piperidine rings is 1. The number of hydrogen-bond acceptors (Lipinski definition) is 6. The molecule has 176 valence electrons. The molecule has 7 nitrogen and oxygen atoms in total. The average molecular weight is 471 g/mol. The highest BCUT2D eigenvalue weighted by atomic mass is 32.2. The van der Waals surface area contributed by atoms with Crippen LogP contribution in [0.3, 0.4) is 0 Å². The van der Waals surface area contributed by atoms with Crippen LogP contribution in [0, 0.1) is 0 Å². The number of hydrogen-bond donors (Lipinski definition) is 0. The van der Waals surface area contributed by atoms with E-state index in [-0.39, 0.29) is 30.2 Å². The van der Waals surface area contributed by atoms with Gasteiger partial charge in [0.05, 0.1) is 26.0 Å². The topological polar surface area (TPSA) is 68.3 Å². The van der Waals surface area contributed by atoms with Crippen LogP contribution in [0.5, 0.6) is 11.5 Å². The van der Waals surface area contributed by atoms with Crippen molar-refractivity contribution < 1.29 is 23.8 Å². The first kappa shape index (κ1) is 23.3. The Labute approximate surface area is 199 Å². The summed E-state index contributed by atoms with van der Waals surface area (Å²) in [7, 11) is 3.20. The molecule has 8 heteroatoms. The van der Waals surface area contributed by atoms with Gasteiger partial charge < -0.3 is 19.1 Å². The second-order valence-corrected chi connectivity index (χ2v) is 9.33. The predicted octanol–water partition coefficient (Wildman–Crippen LogP) is 4.37. The van der Waals surface area contributed by atoms with Gasteiger partial charge in [-0.3, -0.25) is 9.69 Å². The largest absolute Gasteiger partial charge is 0.493 e. The fourth-order valence-corrected chi connectivity index (χ4v) is 5.41. The molecule has 0 unspecified atom stereocenters. The molecule has 2 aromatic carbocycles. The van der Waals surface area contributed by atoms with E-state index in [1.165, 1.54) is 11.8 Å². The van der Waals surface area contributed by atoms with Gasteiger partial charge >= 0.3 is 6.09 Å². The van der Waals surface area contributed by atoms with Gasteiger partial charge in [0.2, 0.25) is 5.91 Å². The molecule has 2 atom stereocenters. The summed E-state index contributed by atoms with van der Waals surface area (Å²) in [6, 6.07) is 15.6. The maximum Gasteiger partial charge on any atom is 0.411 e. The van der Waals surface area contributed by atoms with Crippen LogP contribution in [-0.4, -0.2) is 66.9 Å². The number of nitrogens with zero attached hydrogens (tertiary/aromatic N) is 2. The number of amides is 2. The van der Waals surface area contributed by atoms with Gasteiger partial charge in [0.1, 0.15) is 6.10 Å². The minimum Gasteiger partial charge on any atom is -0.493 e. The van der Waals surface area contributed by atoms with Crippen molar-refractivity contribution >= 4 is 23.8 Å². The first-order valence-electron chi connectivity index (χ1n) is 11.2. The van der Waals surface area contributed by atoms with Crippen LogP contribution >= 0.6 is 11.8 Å². The van der Waals surface area contributed by atoms with Gasteiger partial charge in [-0.1, -0.05) is 30.3 Å². The molecular formula is C25H30N2O5S. The third-order valence-electron chi connectivity index (χ3n) is 6.37. The highest BCUT2D eigenvalue weighted by Crippen LogP contribution is 2.36. The zero-order valence-electron chi connectivity index (χ0n) is 19.2. The van der Waals surface area contributed by atoms with Crippen LogP contribution < -0.4 is 9.47 Å². The Hall–Kier alpha value is -2.87. The molecule has 2 aliphatic heterocycles. The van der Waals surface area contributed by atoms with Crippen molar-refractivity contribution in [3.05, 3.63) is 54.1 Å². The molecular weight excluding hydrogens is 440 g/mol. The number of ether oxygens (including phenoxy) is 3. The Balaban J connectivity index is 1.30. The SMILES string of the molecule is COc1ccc(SCC(=O)N2CCC(N3C(=O)O[C@H](c4ccccc4)[C@@H]3C)CC2)cc1OC. The van der Waals surface area contributed by atoms with E-state index in [1.54, 1.807) is 14.2 Å². The molecule has 2 saturated heterocycles. The van der Waals surface area contributed by atoms with Crippen molar-refractivity contribution in [2.24, 2.45) is 0 Å². The Morgan fingerprint density at radius 3 is 2.42 bits per heavy atom. The van der Waals surface area contributed by atoms with Gasteiger partial charge in [0.25, 0.3) is 0 Å². The fourth-order valence-electron chi connectivity index (χ4n) is 4.59. The first-order chi connectivity index (χ1) is 16.0. The van der Waals surface area contributed by atoms with Crippen LogP contribution in [0.25, 0.3) is 0 Å². The lowest BCUT2D eigenvalue weighted by atomic mass is 9.98. The molecule has 2 heterocycles. The normalized spacial score (nSPS) is 21.1. The van der Waals surface area contributed by atoms with E-state index < -0.39 is 0 Å². The molecule has 0 N–H and O–H groups in total. The van der Waals surface area contributed by atoms with Crippen molar-refractivity contribution in [3.8, 4) is 11.5 Å². The summed E-state index contributed by atoms with van der Waals surface area (Å²) in [5, 5.41) is 0. The quantitative estimate of drug-likeness (QED) is 0.560. The third kappa shape index (κ3) is 5.05. The third-order valence-corrected chi connectivity index (χ3v) is 7.35. The molecule has 0 aliphatic carbocycles. The molecule has 33 heavy (non-hydrogen) atoms. The summed E-state index contributed by atoms with van der Waals surface area (Å²) >= 11 is 1.48. The van der Waals surface area contributed by atoms with E-state index in [0.29, 0.717) is 30.3 Å². The van der Waals surface area contributed by atoms with Gasteiger partial charge in [-0.15, -0.1) is 11.8 Å². The monoisotopic (exact) mass is 470 g/mol. The molecule has 0 saturated carbocycles. The molecule has 2 aromatic rings. The second-order valence-electron chi connectivity index (χ2n) is 8.28. The average Bonchev–Trinajstić information content (AvgIpc) is 3.16. The molecule has 2 amide bonds. The summed E-state index contributed by atoms with van der Waals surface area (Å²) in [6.07, 6.45) is 1.00. The fraction of sp³-hybridized carbons (Fsp3) is 0.440. The van der Waals surface area contributed by atoms with Gasteiger partial charge in [0, 0.05) is 24.0 Å². The number of methoxy groups -OCH3 is 2. The minimum atomic E-state index is -0.259. The van der Waals surface area contributed by atoms with E-state index in [9.17, 15) is 9.59 Å². The summed E-state index contributed by atoms with van der Waals surface area (Å²) in [5.41, 5.74) is 1.01. The lowest BCUT2D eigenvalue weighted by Crippen LogP contribution is -2.49. The van der Waals surface area contributed by atoms with E-state index in [2.05, 4.69) is 0 Å². The van der Waals surface area contributed by atoms with Crippen LogP contribution in [0.2, 0.25) is 0 Å². The molecule has 0 radical (unpaired) electrons. The van der Waals surface area contributed by atoms with Crippen LogP contribution in [-0.2, 0) is 9.53 Å². The number of benzene rings is 2. The van der Waals surface area contributed by atoms with Gasteiger partial charge in [-0.25, -0.2) is 4.79 Å². The predicted molar refractivity (Wildman–Crippen MR) is 127 cm³/mol. The van der Waals surface area contributed by atoms with Crippen molar-refractivity contribution in [2.45, 2.75) is 42.8 Å². The van der Waals surface area contributed by atoms with Gasteiger partial charge in [0.15, 0.2) is 11.5 Å². The lowest BCUT2D eigenvalue weighted by molar-refractivity contribution is -0.129. The first-order valence-corrected chi connectivity index (χ1v) is 12.2. The minimum absolute atomic E-state index is 0.0345. The van der Waals surface area contributed by atoms with Crippen LogP contribution in [0.15, 0.2) is 53.4 Å². The summed E-state index contributed by atoms with van der Waals surface area (Å²) in [4.78, 5) is 30.1. The van der Waals surface area contributed by atoms with E-state index in [1.807, 2.05) is 65.3 Å². The highest BCUT2D eigenvalue weighted by molar-refractivity contribution is 8.00. The molecule has 4 rings (SSSR count). The maximum absolute atomic E-state index is 12.8. The van der Waals surface area contributed by atoms with Crippen LogP contribution in [0.1, 0.15) is 31.4 Å². The van der Waals surface area contributed by atoms with E-state index in [4.69, 9.17) is 14.2 Å². The number of carbonyl (C=O) groups excluding carboxylic acids is 2. The maximum atomic E-state index is 12.8. The van der Waals surface area contributed by atoms with Gasteiger partial charge in [-0.05, 0) is 43.5 Å². The van der Waals surface area contributed by atoms with Crippen molar-refractivity contribution in [1.29, 1.82) is 0 Å². The summed E-state index contributed by atoms with van der Waals surface area (Å²) in [6.45, 7) is 3.32. The van der Waals surface area contributed by atoms with E-state index >= 15 is 0 Å². The van der Waals surface area contributed by atoms with Crippen molar-refractivity contribution in [2.75, 3.05) is 33.1 Å². The number of thioether (sulfide) groups is 1. The van der Waals surface area contributed by atoms with Crippen molar-refractivity contribution in [3.63, 3.8) is 0 Å². The van der Waals surface area contributed by atoms with E-state index in [0.717, 1.165) is 23.3 Å².